The molecule has 6 N–H and O–H groups in total. The molecule has 2 aromatic carbocycles. The monoisotopic (exact) mass is 473 g/mol. The molecule has 3 rings (SSSR count). The van der Waals surface area contributed by atoms with E-state index in [1.165, 1.54) is 36.0 Å². The van der Waals surface area contributed by atoms with Gasteiger partial charge in [0.05, 0.1) is 10.1 Å². The van der Waals surface area contributed by atoms with E-state index in [0.717, 1.165) is 5.69 Å². The average Bonchev–Trinajstić information content (AvgIpc) is 2.73. The van der Waals surface area contributed by atoms with Crippen molar-refractivity contribution in [2.45, 2.75) is 23.5 Å². The largest absolute Gasteiger partial charge is 0.368 e. The Morgan fingerprint density at radius 3 is 2.38 bits per heavy atom. The van der Waals surface area contributed by atoms with Crippen molar-refractivity contribution in [3.63, 3.8) is 0 Å². The van der Waals surface area contributed by atoms with E-state index in [1.54, 1.807) is 0 Å². The van der Waals surface area contributed by atoms with Crippen LogP contribution in [0, 0.1) is 0 Å². The van der Waals surface area contributed by atoms with Gasteiger partial charge < -0.3 is 16.4 Å². The predicted molar refractivity (Wildman–Crippen MR) is 126 cm³/mol. The van der Waals surface area contributed by atoms with E-state index in [9.17, 15) is 13.2 Å². The third-order valence-corrected chi connectivity index (χ3v) is 6.31. The van der Waals surface area contributed by atoms with Crippen LogP contribution in [-0.4, -0.2) is 35.0 Å². The van der Waals surface area contributed by atoms with Crippen LogP contribution in [0.1, 0.15) is 24.4 Å². The van der Waals surface area contributed by atoms with E-state index >= 15 is 0 Å². The van der Waals surface area contributed by atoms with Crippen molar-refractivity contribution < 1.29 is 13.2 Å². The number of nitrogens with two attached hydrogens (primary N) is 2. The molecule has 1 atom stereocenters. The van der Waals surface area contributed by atoms with Gasteiger partial charge in [0.2, 0.25) is 27.8 Å². The van der Waals surface area contributed by atoms with Gasteiger partial charge >= 0.3 is 0 Å². The maximum absolute atomic E-state index is 12.2. The minimum absolute atomic E-state index is 0.0161. The number of sulfonamides is 1. The molecule has 0 saturated carbocycles. The van der Waals surface area contributed by atoms with Crippen LogP contribution in [-0.2, 0) is 14.8 Å². The second-order valence-corrected chi connectivity index (χ2v) is 9.76. The number of hydrogen-bond acceptors (Lipinski definition) is 9. The van der Waals surface area contributed by atoms with Crippen molar-refractivity contribution in [3.05, 3.63) is 60.4 Å². The van der Waals surface area contributed by atoms with E-state index < -0.39 is 10.0 Å². The number of primary sulfonamides is 1. The Morgan fingerprint density at radius 1 is 1.03 bits per heavy atom. The Kier molecular flexibility index (Phi) is 7.62. The Morgan fingerprint density at radius 2 is 1.72 bits per heavy atom. The van der Waals surface area contributed by atoms with Gasteiger partial charge in [-0.1, -0.05) is 18.2 Å². The van der Waals surface area contributed by atoms with E-state index in [2.05, 4.69) is 25.6 Å². The van der Waals surface area contributed by atoms with Crippen LogP contribution in [0.3, 0.4) is 0 Å². The number of para-hydroxylation sites is 1. The summed E-state index contributed by atoms with van der Waals surface area (Å²) in [6.07, 6.45) is 0.252. The molecular formula is C20H23N7O3S2. The van der Waals surface area contributed by atoms with Crippen molar-refractivity contribution in [2.24, 2.45) is 5.14 Å². The maximum atomic E-state index is 12.2. The fraction of sp³-hybridized carbons (Fsp3) is 0.200. The molecule has 10 nitrogen and oxygen atoms in total. The van der Waals surface area contributed by atoms with Crippen molar-refractivity contribution in [1.82, 2.24) is 15.0 Å². The third-order valence-electron chi connectivity index (χ3n) is 4.23. The number of thioether (sulfide) groups is 1. The van der Waals surface area contributed by atoms with Crippen LogP contribution < -0.4 is 21.5 Å². The van der Waals surface area contributed by atoms with Crippen LogP contribution in [0.15, 0.2) is 59.5 Å². The molecule has 0 aliphatic carbocycles. The summed E-state index contributed by atoms with van der Waals surface area (Å²) in [5, 5.41) is 10.8. The number of amides is 1. The van der Waals surface area contributed by atoms with Gasteiger partial charge in [-0.2, -0.15) is 26.7 Å². The highest BCUT2D eigenvalue weighted by Gasteiger charge is 2.14. The molecule has 32 heavy (non-hydrogen) atoms. The fourth-order valence-electron chi connectivity index (χ4n) is 2.65. The van der Waals surface area contributed by atoms with Gasteiger partial charge in [0, 0.05) is 23.5 Å². The molecule has 0 bridgehead atoms. The standard InChI is InChI=1S/C20H23N7O3S2/c1-13(18-25-19(21)27-20(26-18)24-14-5-3-2-4-6-14)31-12-11-17(28)23-15-7-9-16(10-8-15)32(22,29)30/h2-10,13H,11-12H2,1H3,(H,23,28)(H2,22,29,30)(H3,21,24,25,26,27). The topological polar surface area (TPSA) is 166 Å². The van der Waals surface area contributed by atoms with Gasteiger partial charge in [-0.15, -0.1) is 0 Å². The molecule has 168 valence electrons. The molecule has 1 heterocycles. The normalized spacial score (nSPS) is 12.2. The summed E-state index contributed by atoms with van der Waals surface area (Å²) in [7, 11) is -3.77. The molecule has 0 fully saturated rings. The summed E-state index contributed by atoms with van der Waals surface area (Å²) in [5.41, 5.74) is 7.15. The van der Waals surface area contributed by atoms with Crippen LogP contribution in [0.4, 0.5) is 23.3 Å². The number of carbonyl (C=O) groups is 1. The first kappa shape index (κ1) is 23.4. The lowest BCUT2D eigenvalue weighted by molar-refractivity contribution is -0.115. The molecule has 3 aromatic rings. The van der Waals surface area contributed by atoms with Gasteiger partial charge in [-0.25, -0.2) is 13.6 Å². The van der Waals surface area contributed by atoms with Crippen LogP contribution in [0.5, 0.6) is 0 Å². The summed E-state index contributed by atoms with van der Waals surface area (Å²) >= 11 is 1.51. The molecular weight excluding hydrogens is 450 g/mol. The first-order valence-electron chi connectivity index (χ1n) is 9.58. The molecule has 12 heteroatoms. The van der Waals surface area contributed by atoms with Gasteiger partial charge in [0.1, 0.15) is 5.82 Å². The summed E-state index contributed by atoms with van der Waals surface area (Å²) in [6.45, 7) is 1.93. The summed E-state index contributed by atoms with van der Waals surface area (Å²) < 4.78 is 22.6. The first-order chi connectivity index (χ1) is 15.2. The zero-order chi connectivity index (χ0) is 23.1. The molecule has 0 aliphatic heterocycles. The van der Waals surface area contributed by atoms with Crippen LogP contribution >= 0.6 is 11.8 Å². The van der Waals surface area contributed by atoms with Gasteiger partial charge in [-0.3, -0.25) is 4.79 Å². The zero-order valence-electron chi connectivity index (χ0n) is 17.2. The van der Waals surface area contributed by atoms with Gasteiger partial charge in [-0.05, 0) is 43.3 Å². The Hall–Kier alpha value is -3.22. The summed E-state index contributed by atoms with van der Waals surface area (Å²) in [4.78, 5) is 24.9. The summed E-state index contributed by atoms with van der Waals surface area (Å²) in [5.74, 6) is 1.30. The second-order valence-electron chi connectivity index (χ2n) is 6.75. The zero-order valence-corrected chi connectivity index (χ0v) is 18.9. The van der Waals surface area contributed by atoms with Crippen molar-refractivity contribution >= 4 is 51.0 Å². The Balaban J connectivity index is 1.52. The lowest BCUT2D eigenvalue weighted by Crippen LogP contribution is -2.14. The number of anilines is 4. The number of carbonyl (C=O) groups excluding carboxylic acids is 1. The fourth-order valence-corrected chi connectivity index (χ4v) is 4.08. The number of nitrogens with one attached hydrogen (secondary N) is 2. The number of benzene rings is 2. The Labute approximate surface area is 190 Å². The maximum Gasteiger partial charge on any atom is 0.238 e. The predicted octanol–water partition coefficient (Wildman–Crippen LogP) is 2.67. The molecule has 1 amide bonds. The number of aromatic nitrogens is 3. The molecule has 0 aliphatic rings. The quantitative estimate of drug-likeness (QED) is 0.365. The second kappa shape index (κ2) is 10.4. The molecule has 0 saturated heterocycles. The minimum atomic E-state index is -3.77. The average molecular weight is 474 g/mol. The third kappa shape index (κ3) is 6.90. The SMILES string of the molecule is CC(SCCC(=O)Nc1ccc(S(N)(=O)=O)cc1)c1nc(N)nc(Nc2ccccc2)n1. The molecule has 0 radical (unpaired) electrons. The highest BCUT2D eigenvalue weighted by molar-refractivity contribution is 7.99. The number of nitrogens with zero attached hydrogens (tertiary/aromatic N) is 3. The smallest absolute Gasteiger partial charge is 0.238 e. The van der Waals surface area contributed by atoms with Crippen LogP contribution in [0.25, 0.3) is 0 Å². The van der Waals surface area contributed by atoms with Gasteiger partial charge in [0.15, 0.2) is 0 Å². The van der Waals surface area contributed by atoms with Crippen LogP contribution in [0.2, 0.25) is 0 Å². The van der Waals surface area contributed by atoms with E-state index in [0.29, 0.717) is 23.2 Å². The molecule has 0 spiro atoms. The first-order valence-corrected chi connectivity index (χ1v) is 12.2. The minimum Gasteiger partial charge on any atom is -0.368 e. The van der Waals surface area contributed by atoms with E-state index in [-0.39, 0.29) is 28.4 Å². The number of rotatable bonds is 9. The summed E-state index contributed by atoms with van der Waals surface area (Å²) in [6, 6.07) is 15.1. The highest BCUT2D eigenvalue weighted by atomic mass is 32.2. The number of hydrogen-bond donors (Lipinski definition) is 4. The van der Waals surface area contributed by atoms with Crippen molar-refractivity contribution in [2.75, 3.05) is 22.1 Å². The highest BCUT2D eigenvalue weighted by Crippen LogP contribution is 2.27. The lowest BCUT2D eigenvalue weighted by Gasteiger charge is -2.12. The Bertz CT molecular complexity index is 1170. The molecule has 1 unspecified atom stereocenters. The van der Waals surface area contributed by atoms with E-state index in [1.807, 2.05) is 37.3 Å². The number of nitrogen functional groups attached to an aromatic ring is 1. The lowest BCUT2D eigenvalue weighted by atomic mass is 10.3. The van der Waals surface area contributed by atoms with Gasteiger partial charge in [0.25, 0.3) is 0 Å². The molecule has 1 aromatic heterocycles. The van der Waals surface area contributed by atoms with Crippen molar-refractivity contribution in [3.8, 4) is 0 Å². The van der Waals surface area contributed by atoms with E-state index in [4.69, 9.17) is 10.9 Å². The van der Waals surface area contributed by atoms with Crippen molar-refractivity contribution in [1.29, 1.82) is 0 Å².